The van der Waals surface area contributed by atoms with E-state index in [1.54, 1.807) is 6.07 Å². The van der Waals surface area contributed by atoms with Gasteiger partial charge < -0.3 is 10.6 Å². The molecule has 0 unspecified atom stereocenters. The molecule has 1 aromatic rings. The van der Waals surface area contributed by atoms with Crippen molar-refractivity contribution in [1.29, 1.82) is 0 Å². The van der Waals surface area contributed by atoms with Gasteiger partial charge in [-0.25, -0.2) is 4.39 Å². The van der Waals surface area contributed by atoms with E-state index in [0.29, 0.717) is 11.8 Å². The van der Waals surface area contributed by atoms with E-state index >= 15 is 0 Å². The Bertz CT molecular complexity index is 351. The fourth-order valence-corrected chi connectivity index (χ4v) is 1.88. The minimum atomic E-state index is -0.333. The highest BCUT2D eigenvalue weighted by molar-refractivity contribution is 5.54. The Morgan fingerprint density at radius 2 is 1.65 bits per heavy atom. The third kappa shape index (κ3) is 4.25. The minimum absolute atomic E-state index is 0.211. The van der Waals surface area contributed by atoms with Gasteiger partial charge in [0.1, 0.15) is 5.82 Å². The van der Waals surface area contributed by atoms with Crippen LogP contribution in [0.2, 0.25) is 0 Å². The molecule has 0 amide bonds. The van der Waals surface area contributed by atoms with Crippen LogP contribution in [0.25, 0.3) is 0 Å². The quantitative estimate of drug-likeness (QED) is 0.795. The fraction of sp³-hybridized carbons (Fsp3) is 0.571. The lowest BCUT2D eigenvalue weighted by atomic mass is 10.1. The van der Waals surface area contributed by atoms with E-state index in [0.717, 1.165) is 18.8 Å². The molecule has 0 saturated carbocycles. The Hall–Kier alpha value is -1.25. The highest BCUT2D eigenvalue weighted by Crippen LogP contribution is 2.22. The molecule has 1 rings (SSSR count). The Kier molecular flexibility index (Phi) is 4.79. The summed E-state index contributed by atoms with van der Waals surface area (Å²) in [6, 6.07) is 5.06. The highest BCUT2D eigenvalue weighted by atomic mass is 19.1. The summed E-state index contributed by atoms with van der Waals surface area (Å²) in [5.41, 5.74) is 6.62. The summed E-state index contributed by atoms with van der Waals surface area (Å²) in [4.78, 5) is 2.22. The summed E-state index contributed by atoms with van der Waals surface area (Å²) < 4.78 is 13.5. The number of hydrogen-bond acceptors (Lipinski definition) is 2. The van der Waals surface area contributed by atoms with Crippen LogP contribution in [0.4, 0.5) is 15.8 Å². The number of anilines is 2. The molecule has 0 spiro atoms. The van der Waals surface area contributed by atoms with Crippen LogP contribution in [-0.2, 0) is 0 Å². The van der Waals surface area contributed by atoms with Gasteiger partial charge in [-0.3, -0.25) is 0 Å². The molecule has 0 atom stereocenters. The number of nitrogens with two attached hydrogens (primary N) is 1. The second-order valence-corrected chi connectivity index (χ2v) is 5.40. The summed E-state index contributed by atoms with van der Waals surface area (Å²) in [6.07, 6.45) is 0. The number of halogens is 1. The van der Waals surface area contributed by atoms with E-state index in [4.69, 9.17) is 5.73 Å². The van der Waals surface area contributed by atoms with Crippen LogP contribution in [0.1, 0.15) is 27.7 Å². The van der Waals surface area contributed by atoms with Gasteiger partial charge >= 0.3 is 0 Å². The SMILES string of the molecule is CC(C)CN(CC(C)C)c1ccc(N)c(F)c1. The molecule has 0 aliphatic carbocycles. The second kappa shape index (κ2) is 5.89. The van der Waals surface area contributed by atoms with Gasteiger partial charge in [-0.15, -0.1) is 0 Å². The first-order valence-electron chi connectivity index (χ1n) is 6.20. The van der Waals surface area contributed by atoms with Gasteiger partial charge in [-0.1, -0.05) is 27.7 Å². The zero-order valence-electron chi connectivity index (χ0n) is 11.2. The van der Waals surface area contributed by atoms with E-state index in [-0.39, 0.29) is 11.5 Å². The molecule has 0 fully saturated rings. The zero-order chi connectivity index (χ0) is 13.0. The highest BCUT2D eigenvalue weighted by Gasteiger charge is 2.12. The molecule has 96 valence electrons. The Morgan fingerprint density at radius 3 is 2.06 bits per heavy atom. The molecule has 0 radical (unpaired) electrons. The molecule has 0 aromatic heterocycles. The van der Waals surface area contributed by atoms with Gasteiger partial charge in [0.25, 0.3) is 0 Å². The maximum absolute atomic E-state index is 13.5. The molecule has 0 heterocycles. The van der Waals surface area contributed by atoms with E-state index in [2.05, 4.69) is 32.6 Å². The lowest BCUT2D eigenvalue weighted by Crippen LogP contribution is -2.31. The van der Waals surface area contributed by atoms with Crippen molar-refractivity contribution in [2.45, 2.75) is 27.7 Å². The van der Waals surface area contributed by atoms with Gasteiger partial charge in [0.05, 0.1) is 5.69 Å². The average molecular weight is 238 g/mol. The standard InChI is InChI=1S/C14H23FN2/c1-10(2)8-17(9-11(3)4)12-5-6-14(16)13(15)7-12/h5-7,10-11H,8-9,16H2,1-4H3. The predicted octanol–water partition coefficient (Wildman–Crippen LogP) is 3.53. The number of rotatable bonds is 5. The molecular formula is C14H23FN2. The molecule has 2 N–H and O–H groups in total. The topological polar surface area (TPSA) is 29.3 Å². The van der Waals surface area contributed by atoms with E-state index in [9.17, 15) is 4.39 Å². The van der Waals surface area contributed by atoms with Crippen LogP contribution < -0.4 is 10.6 Å². The van der Waals surface area contributed by atoms with E-state index in [1.807, 2.05) is 6.07 Å². The van der Waals surface area contributed by atoms with Crippen molar-refractivity contribution in [3.8, 4) is 0 Å². The normalized spacial score (nSPS) is 11.2. The van der Waals surface area contributed by atoms with Gasteiger partial charge in [0, 0.05) is 18.8 Å². The first-order chi connectivity index (χ1) is 7.90. The smallest absolute Gasteiger partial charge is 0.148 e. The second-order valence-electron chi connectivity index (χ2n) is 5.40. The number of nitrogens with zero attached hydrogens (tertiary/aromatic N) is 1. The molecule has 0 saturated heterocycles. The van der Waals surface area contributed by atoms with Crippen LogP contribution in [-0.4, -0.2) is 13.1 Å². The lowest BCUT2D eigenvalue weighted by molar-refractivity contribution is 0.550. The van der Waals surface area contributed by atoms with Crippen LogP contribution in [0.15, 0.2) is 18.2 Å². The average Bonchev–Trinajstić information content (AvgIpc) is 2.19. The van der Waals surface area contributed by atoms with Crippen molar-refractivity contribution in [2.75, 3.05) is 23.7 Å². The molecule has 3 heteroatoms. The predicted molar refractivity (Wildman–Crippen MR) is 72.7 cm³/mol. The molecule has 0 aliphatic rings. The Morgan fingerprint density at radius 1 is 1.12 bits per heavy atom. The first-order valence-corrected chi connectivity index (χ1v) is 6.20. The van der Waals surface area contributed by atoms with Gasteiger partial charge in [-0.05, 0) is 30.0 Å². The van der Waals surface area contributed by atoms with Crippen molar-refractivity contribution in [1.82, 2.24) is 0 Å². The minimum Gasteiger partial charge on any atom is -0.396 e. The fourth-order valence-electron chi connectivity index (χ4n) is 1.88. The van der Waals surface area contributed by atoms with Gasteiger partial charge in [0.2, 0.25) is 0 Å². The molecular weight excluding hydrogens is 215 g/mol. The third-order valence-electron chi connectivity index (χ3n) is 2.52. The van der Waals surface area contributed by atoms with Crippen LogP contribution >= 0.6 is 0 Å². The largest absolute Gasteiger partial charge is 0.396 e. The lowest BCUT2D eigenvalue weighted by Gasteiger charge is -2.28. The van der Waals surface area contributed by atoms with E-state index < -0.39 is 0 Å². The molecule has 2 nitrogen and oxygen atoms in total. The van der Waals surface area contributed by atoms with Crippen LogP contribution in [0, 0.1) is 17.7 Å². The van der Waals surface area contributed by atoms with Crippen molar-refractivity contribution >= 4 is 11.4 Å². The van der Waals surface area contributed by atoms with Gasteiger partial charge in [-0.2, -0.15) is 0 Å². The van der Waals surface area contributed by atoms with Crippen molar-refractivity contribution in [3.63, 3.8) is 0 Å². The summed E-state index contributed by atoms with van der Waals surface area (Å²) in [7, 11) is 0. The summed E-state index contributed by atoms with van der Waals surface area (Å²) in [5, 5.41) is 0. The number of hydrogen-bond donors (Lipinski definition) is 1. The molecule has 0 aliphatic heterocycles. The molecule has 0 bridgehead atoms. The monoisotopic (exact) mass is 238 g/mol. The van der Waals surface area contributed by atoms with E-state index in [1.165, 1.54) is 6.07 Å². The molecule has 1 aromatic carbocycles. The maximum Gasteiger partial charge on any atom is 0.148 e. The summed E-state index contributed by atoms with van der Waals surface area (Å²) in [6.45, 7) is 10.5. The first kappa shape index (κ1) is 13.8. The number of nitrogen functional groups attached to an aromatic ring is 1. The maximum atomic E-state index is 13.5. The molecule has 17 heavy (non-hydrogen) atoms. The van der Waals surface area contributed by atoms with Crippen molar-refractivity contribution in [3.05, 3.63) is 24.0 Å². The number of benzene rings is 1. The van der Waals surface area contributed by atoms with Gasteiger partial charge in [0.15, 0.2) is 0 Å². The zero-order valence-corrected chi connectivity index (χ0v) is 11.2. The van der Waals surface area contributed by atoms with Crippen molar-refractivity contribution in [2.24, 2.45) is 11.8 Å². The van der Waals surface area contributed by atoms with Crippen molar-refractivity contribution < 1.29 is 4.39 Å². The van der Waals surface area contributed by atoms with Crippen LogP contribution in [0.3, 0.4) is 0 Å². The Balaban J connectivity index is 2.91. The summed E-state index contributed by atoms with van der Waals surface area (Å²) in [5.74, 6) is 0.767. The Labute approximate surface area is 104 Å². The third-order valence-corrected chi connectivity index (χ3v) is 2.52. The summed E-state index contributed by atoms with van der Waals surface area (Å²) >= 11 is 0. The van der Waals surface area contributed by atoms with Crippen LogP contribution in [0.5, 0.6) is 0 Å².